The molecule has 1 saturated heterocycles. The number of methoxy groups -OCH3 is 1. The second-order valence-corrected chi connectivity index (χ2v) is 6.71. The lowest BCUT2D eigenvalue weighted by atomic mass is 9.90. The summed E-state index contributed by atoms with van der Waals surface area (Å²) in [5.74, 6) is -5.61. The van der Waals surface area contributed by atoms with Crippen molar-refractivity contribution in [1.29, 1.82) is 0 Å². The molecule has 0 aromatic rings. The largest absolute Gasteiger partial charge is 0.463 e. The number of rotatable bonds is 7. The van der Waals surface area contributed by atoms with Crippen LogP contribution in [0.4, 0.5) is 0 Å². The summed E-state index contributed by atoms with van der Waals surface area (Å²) < 4.78 is 25.5. The number of halogens is 1. The lowest BCUT2D eigenvalue weighted by Gasteiger charge is -2.52. The highest BCUT2D eigenvalue weighted by molar-refractivity contribution is 6.81. The van der Waals surface area contributed by atoms with E-state index in [-0.39, 0.29) is 4.90 Å². The second kappa shape index (κ2) is 10.6. The molecule has 1 heterocycles. The zero-order chi connectivity index (χ0) is 24.1. The summed E-state index contributed by atoms with van der Waals surface area (Å²) in [5.41, 5.74) is -3.01. The van der Waals surface area contributed by atoms with Crippen LogP contribution >= 0.6 is 11.6 Å². The van der Waals surface area contributed by atoms with Crippen LogP contribution in [-0.4, -0.2) is 89.0 Å². The topological polar surface area (TPSA) is 172 Å². The Bertz CT molecular complexity index is 770. The molecule has 0 aromatic heterocycles. The number of carbonyl (C=O) groups excluding carboxylic acids is 6. The Labute approximate surface area is 181 Å². The molecule has 1 fully saturated rings. The van der Waals surface area contributed by atoms with E-state index in [0.717, 1.165) is 34.8 Å². The zero-order valence-corrected chi connectivity index (χ0v) is 18.0. The maximum atomic E-state index is 12.3. The molecule has 1 rings (SSSR count). The van der Waals surface area contributed by atoms with Gasteiger partial charge in [-0.3, -0.25) is 28.8 Å². The molecular weight excluding hydrogens is 446 g/mol. The molecule has 0 aromatic carbocycles. The number of amides is 2. The van der Waals surface area contributed by atoms with Crippen molar-refractivity contribution in [2.75, 3.05) is 13.7 Å². The van der Waals surface area contributed by atoms with E-state index in [0.29, 0.717) is 0 Å². The Morgan fingerprint density at radius 1 is 1.00 bits per heavy atom. The Morgan fingerprint density at radius 3 is 1.94 bits per heavy atom. The molecule has 5 atom stereocenters. The Kier molecular flexibility index (Phi) is 9.05. The lowest BCUT2D eigenvalue weighted by molar-refractivity contribution is -0.365. The van der Waals surface area contributed by atoms with Crippen molar-refractivity contribution in [1.82, 2.24) is 4.90 Å². The fourth-order valence-corrected chi connectivity index (χ4v) is 3.09. The van der Waals surface area contributed by atoms with E-state index < -0.39 is 71.9 Å². The highest BCUT2D eigenvalue weighted by Crippen LogP contribution is 2.38. The number of carbonyl (C=O) groups is 6. The number of ether oxygens (including phenoxy) is 5. The molecule has 0 spiro atoms. The van der Waals surface area contributed by atoms with Crippen molar-refractivity contribution < 1.29 is 57.6 Å². The van der Waals surface area contributed by atoms with Crippen LogP contribution < -0.4 is 0 Å². The second-order valence-electron chi connectivity index (χ2n) is 6.37. The van der Waals surface area contributed by atoms with Gasteiger partial charge in [0.2, 0.25) is 17.9 Å². The summed E-state index contributed by atoms with van der Waals surface area (Å²) in [7, 11) is 1.00. The van der Waals surface area contributed by atoms with Gasteiger partial charge in [0.25, 0.3) is 0 Å². The summed E-state index contributed by atoms with van der Waals surface area (Å²) in [4.78, 5) is 70.7. The molecule has 0 aliphatic carbocycles. The summed E-state index contributed by atoms with van der Waals surface area (Å²) >= 11 is 5.20. The first-order valence-electron chi connectivity index (χ1n) is 8.70. The molecular formula is C17H22ClNO12. The minimum absolute atomic E-state index is 0.0251. The number of imide groups is 1. The van der Waals surface area contributed by atoms with Gasteiger partial charge in [-0.15, -0.1) is 0 Å². The molecule has 1 aliphatic heterocycles. The van der Waals surface area contributed by atoms with Crippen LogP contribution in [0.15, 0.2) is 0 Å². The fourth-order valence-electron chi connectivity index (χ4n) is 3.01. The van der Waals surface area contributed by atoms with Gasteiger partial charge in [0.15, 0.2) is 12.2 Å². The van der Waals surface area contributed by atoms with Crippen LogP contribution in [-0.2, 0) is 52.5 Å². The molecule has 0 bridgehead atoms. The molecule has 1 unspecified atom stereocenters. The van der Waals surface area contributed by atoms with Gasteiger partial charge in [0, 0.05) is 34.8 Å². The number of hydrogen-bond donors (Lipinski definition) is 1. The van der Waals surface area contributed by atoms with Gasteiger partial charge in [0.1, 0.15) is 12.7 Å². The number of esters is 3. The predicted molar refractivity (Wildman–Crippen MR) is 96.7 cm³/mol. The third-order valence-corrected chi connectivity index (χ3v) is 4.19. The minimum Gasteiger partial charge on any atom is -0.463 e. The first kappa shape index (κ1) is 26.4. The Balaban J connectivity index is 3.70. The first-order chi connectivity index (χ1) is 14.3. The van der Waals surface area contributed by atoms with Gasteiger partial charge in [0.05, 0.1) is 0 Å². The molecule has 0 saturated carbocycles. The highest BCUT2D eigenvalue weighted by atomic mass is 35.5. The summed E-state index contributed by atoms with van der Waals surface area (Å²) in [6, 6.07) is 0. The lowest BCUT2D eigenvalue weighted by Crippen LogP contribution is -2.76. The van der Waals surface area contributed by atoms with Crippen molar-refractivity contribution >= 4 is 46.6 Å². The van der Waals surface area contributed by atoms with Crippen molar-refractivity contribution in [3.8, 4) is 0 Å². The van der Waals surface area contributed by atoms with Crippen molar-refractivity contribution in [2.24, 2.45) is 0 Å². The maximum Gasteiger partial charge on any atom is 0.315 e. The molecule has 174 valence electrons. The Morgan fingerprint density at radius 2 is 1.55 bits per heavy atom. The van der Waals surface area contributed by atoms with E-state index in [2.05, 4.69) is 0 Å². The molecule has 2 amide bonds. The molecule has 13 nitrogen and oxygen atoms in total. The van der Waals surface area contributed by atoms with E-state index in [1.165, 1.54) is 0 Å². The van der Waals surface area contributed by atoms with Crippen LogP contribution in [0.25, 0.3) is 0 Å². The number of hydrogen-bond acceptors (Lipinski definition) is 12. The number of nitrogens with zero attached hydrogens (tertiary/aromatic N) is 1. The maximum absolute atomic E-state index is 12.3. The molecule has 0 radical (unpaired) electrons. The fraction of sp³-hybridized carbons (Fsp3) is 0.647. The highest BCUT2D eigenvalue weighted by Gasteiger charge is 2.65. The van der Waals surface area contributed by atoms with Crippen LogP contribution in [0, 0.1) is 0 Å². The summed E-state index contributed by atoms with van der Waals surface area (Å²) in [6.45, 7) is 3.24. The molecule has 1 aliphatic rings. The van der Waals surface area contributed by atoms with Crippen LogP contribution in [0.3, 0.4) is 0 Å². The predicted octanol–water partition coefficient (Wildman–Crippen LogP) is -1.39. The van der Waals surface area contributed by atoms with E-state index in [4.69, 9.17) is 35.3 Å². The summed E-state index contributed by atoms with van der Waals surface area (Å²) in [5, 5.41) is 9.75. The smallest absolute Gasteiger partial charge is 0.315 e. The molecule has 1 N–H and O–H groups in total. The van der Waals surface area contributed by atoms with E-state index in [1.54, 1.807) is 0 Å². The minimum atomic E-state index is -3.01. The zero-order valence-electron chi connectivity index (χ0n) is 17.3. The standard InChI is InChI=1S/C17H22ClNO12/c1-7(20)19(15(25)14(18)24)17(26)13(30-10(4)23)12(29-9(3)22)11(6-28-8(2)21)31-16(17)27-5/h11-13,16,26H,6H2,1-5H3/t11-,12-,13+,16?,17+/m1/s1. The van der Waals surface area contributed by atoms with Crippen LogP contribution in [0.1, 0.15) is 27.7 Å². The van der Waals surface area contributed by atoms with Crippen molar-refractivity contribution in [3.05, 3.63) is 0 Å². The average Bonchev–Trinajstić information content (AvgIpc) is 2.63. The summed E-state index contributed by atoms with van der Waals surface area (Å²) in [6.07, 6.45) is -7.07. The van der Waals surface area contributed by atoms with Crippen LogP contribution in [0.5, 0.6) is 0 Å². The molecule has 31 heavy (non-hydrogen) atoms. The SMILES string of the molecule is COC1O[C@H](COC(C)=O)[C@@H](OC(C)=O)[C@H](OC(C)=O)[C@@]1(O)N(C(C)=O)C(=O)C(=O)Cl. The van der Waals surface area contributed by atoms with Crippen molar-refractivity contribution in [3.63, 3.8) is 0 Å². The van der Waals surface area contributed by atoms with Gasteiger partial charge < -0.3 is 28.8 Å². The average molecular weight is 468 g/mol. The van der Waals surface area contributed by atoms with Gasteiger partial charge in [-0.05, 0) is 11.6 Å². The van der Waals surface area contributed by atoms with E-state index in [9.17, 15) is 33.9 Å². The monoisotopic (exact) mass is 467 g/mol. The van der Waals surface area contributed by atoms with E-state index in [1.807, 2.05) is 0 Å². The third kappa shape index (κ3) is 5.97. The number of aliphatic hydroxyl groups is 1. The molecule has 14 heteroatoms. The van der Waals surface area contributed by atoms with Gasteiger partial charge in [-0.25, -0.2) is 4.90 Å². The third-order valence-electron chi connectivity index (χ3n) is 4.03. The van der Waals surface area contributed by atoms with Gasteiger partial charge in [-0.1, -0.05) is 0 Å². The van der Waals surface area contributed by atoms with Gasteiger partial charge in [-0.2, -0.15) is 0 Å². The van der Waals surface area contributed by atoms with Gasteiger partial charge >= 0.3 is 29.1 Å². The first-order valence-corrected chi connectivity index (χ1v) is 9.08. The normalized spacial score (nSPS) is 27.6. The quantitative estimate of drug-likeness (QED) is 0.153. The van der Waals surface area contributed by atoms with Crippen LogP contribution in [0.2, 0.25) is 0 Å². The Hall–Kier alpha value is -2.61. The van der Waals surface area contributed by atoms with E-state index >= 15 is 0 Å². The van der Waals surface area contributed by atoms with Crippen molar-refractivity contribution in [2.45, 2.75) is 58.0 Å².